The van der Waals surface area contributed by atoms with Gasteiger partial charge < -0.3 is 5.11 Å². The normalized spacial score (nSPS) is 27.3. The van der Waals surface area contributed by atoms with Gasteiger partial charge in [-0.2, -0.15) is 5.26 Å². The molecule has 1 aromatic heterocycles. The molecule has 1 N–H and O–H groups in total. The minimum Gasteiger partial charge on any atom is -0.476 e. The molecule has 2 rings (SSSR count). The molecule has 1 aromatic rings. The Morgan fingerprint density at radius 1 is 1.61 bits per heavy atom. The van der Waals surface area contributed by atoms with Gasteiger partial charge in [-0.1, -0.05) is 20.8 Å². The molecule has 0 atom stereocenters. The SMILES string of the molecule is CC(C)(C)C1CC(C#N)(c2nc(C(=O)O)cs2)C1. The highest BCUT2D eigenvalue weighted by atomic mass is 32.1. The minimum absolute atomic E-state index is 0.0452. The van der Waals surface area contributed by atoms with Gasteiger partial charge in [0.05, 0.1) is 6.07 Å². The van der Waals surface area contributed by atoms with Gasteiger partial charge in [0.1, 0.15) is 10.4 Å². The van der Waals surface area contributed by atoms with E-state index in [2.05, 4.69) is 31.8 Å². The molecule has 18 heavy (non-hydrogen) atoms. The molecule has 4 nitrogen and oxygen atoms in total. The Bertz CT molecular complexity index is 516. The van der Waals surface area contributed by atoms with Gasteiger partial charge in [0.15, 0.2) is 5.69 Å². The average Bonchev–Trinajstić information content (AvgIpc) is 2.64. The van der Waals surface area contributed by atoms with Gasteiger partial charge in [0.25, 0.3) is 0 Å². The van der Waals surface area contributed by atoms with Crippen molar-refractivity contribution in [3.63, 3.8) is 0 Å². The summed E-state index contributed by atoms with van der Waals surface area (Å²) in [5.74, 6) is -0.536. The summed E-state index contributed by atoms with van der Waals surface area (Å²) in [5, 5.41) is 20.4. The van der Waals surface area contributed by atoms with Crippen LogP contribution in [-0.2, 0) is 5.41 Å². The van der Waals surface area contributed by atoms with Crippen molar-refractivity contribution in [1.82, 2.24) is 4.98 Å². The highest BCUT2D eigenvalue weighted by Gasteiger charge is 2.51. The molecule has 1 heterocycles. The molecule has 1 fully saturated rings. The van der Waals surface area contributed by atoms with Crippen molar-refractivity contribution in [1.29, 1.82) is 5.26 Å². The molecule has 1 saturated carbocycles. The number of aromatic carboxylic acids is 1. The summed E-state index contributed by atoms with van der Waals surface area (Å²) in [4.78, 5) is 14.9. The zero-order valence-corrected chi connectivity index (χ0v) is 11.5. The first-order valence-electron chi connectivity index (χ1n) is 5.89. The molecule has 5 heteroatoms. The summed E-state index contributed by atoms with van der Waals surface area (Å²) >= 11 is 1.28. The van der Waals surface area contributed by atoms with Crippen LogP contribution in [0.15, 0.2) is 5.38 Å². The van der Waals surface area contributed by atoms with Gasteiger partial charge in [-0.05, 0) is 24.2 Å². The topological polar surface area (TPSA) is 74.0 Å². The second-order valence-corrected chi connectivity index (χ2v) is 6.87. The number of rotatable bonds is 2. The zero-order chi connectivity index (χ0) is 13.6. The number of hydrogen-bond donors (Lipinski definition) is 1. The summed E-state index contributed by atoms with van der Waals surface area (Å²) < 4.78 is 0. The predicted octanol–water partition coefficient (Wildman–Crippen LogP) is 3.06. The molecule has 0 bridgehead atoms. The number of nitriles is 1. The molecule has 0 aromatic carbocycles. The Kier molecular flexibility index (Phi) is 2.94. The quantitative estimate of drug-likeness (QED) is 0.890. The molecule has 0 amide bonds. The van der Waals surface area contributed by atoms with E-state index in [1.165, 1.54) is 16.7 Å². The van der Waals surface area contributed by atoms with Crippen LogP contribution in [0.5, 0.6) is 0 Å². The molecule has 0 radical (unpaired) electrons. The molecule has 0 aliphatic heterocycles. The number of hydrogen-bond acceptors (Lipinski definition) is 4. The van der Waals surface area contributed by atoms with Crippen LogP contribution in [0.1, 0.15) is 49.1 Å². The molecule has 0 saturated heterocycles. The third-order valence-electron chi connectivity index (χ3n) is 3.76. The Labute approximate surface area is 110 Å². The fourth-order valence-corrected chi connectivity index (χ4v) is 3.27. The second-order valence-electron chi connectivity index (χ2n) is 6.01. The van der Waals surface area contributed by atoms with E-state index in [-0.39, 0.29) is 11.1 Å². The van der Waals surface area contributed by atoms with Gasteiger partial charge in [-0.3, -0.25) is 0 Å². The molecule has 1 aliphatic rings. The number of carbonyl (C=O) groups is 1. The zero-order valence-electron chi connectivity index (χ0n) is 10.7. The van der Waals surface area contributed by atoms with Crippen LogP contribution in [0.4, 0.5) is 0 Å². The lowest BCUT2D eigenvalue weighted by Crippen LogP contribution is -2.45. The van der Waals surface area contributed by atoms with Crippen LogP contribution in [-0.4, -0.2) is 16.1 Å². The molecule has 1 aliphatic carbocycles. The standard InChI is InChI=1S/C13H16N2O2S/c1-12(2,3)8-4-13(5-8,7-14)11-15-9(6-18-11)10(16)17/h6,8H,4-5H2,1-3H3,(H,16,17). The fourth-order valence-electron chi connectivity index (χ4n) is 2.30. The van der Waals surface area contributed by atoms with Crippen LogP contribution < -0.4 is 0 Å². The maximum Gasteiger partial charge on any atom is 0.355 e. The predicted molar refractivity (Wildman–Crippen MR) is 68.5 cm³/mol. The van der Waals surface area contributed by atoms with Crippen molar-refractivity contribution < 1.29 is 9.90 Å². The molecule has 96 valence electrons. The third-order valence-corrected chi connectivity index (χ3v) is 4.81. The van der Waals surface area contributed by atoms with Crippen molar-refractivity contribution in [3.05, 3.63) is 16.1 Å². The van der Waals surface area contributed by atoms with E-state index in [0.29, 0.717) is 10.9 Å². The average molecular weight is 264 g/mol. The molecular formula is C13H16N2O2S. The molecule has 0 spiro atoms. The summed E-state index contributed by atoms with van der Waals surface area (Å²) in [6, 6.07) is 2.34. The maximum absolute atomic E-state index is 10.8. The minimum atomic E-state index is -1.03. The van der Waals surface area contributed by atoms with Crippen molar-refractivity contribution in [3.8, 4) is 6.07 Å². The number of carboxylic acid groups (broad SMARTS) is 1. The monoisotopic (exact) mass is 264 g/mol. The number of aromatic nitrogens is 1. The summed E-state index contributed by atoms with van der Waals surface area (Å²) in [7, 11) is 0. The largest absolute Gasteiger partial charge is 0.476 e. The van der Waals surface area contributed by atoms with Gasteiger partial charge in [-0.15, -0.1) is 11.3 Å². The third kappa shape index (κ3) is 2.01. The van der Waals surface area contributed by atoms with Crippen LogP contribution in [0, 0.1) is 22.7 Å². The van der Waals surface area contributed by atoms with Crippen molar-refractivity contribution in [2.75, 3.05) is 0 Å². The van der Waals surface area contributed by atoms with Crippen LogP contribution in [0.3, 0.4) is 0 Å². The first-order valence-corrected chi connectivity index (χ1v) is 6.77. The summed E-state index contributed by atoms with van der Waals surface area (Å²) in [6.45, 7) is 6.51. The van der Waals surface area contributed by atoms with Crippen LogP contribution in [0.2, 0.25) is 0 Å². The highest BCUT2D eigenvalue weighted by molar-refractivity contribution is 7.10. The van der Waals surface area contributed by atoms with E-state index in [0.717, 1.165) is 12.8 Å². The van der Waals surface area contributed by atoms with E-state index in [9.17, 15) is 10.1 Å². The van der Waals surface area contributed by atoms with E-state index in [4.69, 9.17) is 5.11 Å². The Morgan fingerprint density at radius 2 is 2.22 bits per heavy atom. The van der Waals surface area contributed by atoms with Gasteiger partial charge in [0.2, 0.25) is 0 Å². The highest BCUT2D eigenvalue weighted by Crippen LogP contribution is 2.54. The lowest BCUT2D eigenvalue weighted by molar-refractivity contribution is 0.0684. The Balaban J connectivity index is 2.21. The Morgan fingerprint density at radius 3 is 2.61 bits per heavy atom. The lowest BCUT2D eigenvalue weighted by atomic mass is 9.55. The first-order chi connectivity index (χ1) is 8.28. The lowest BCUT2D eigenvalue weighted by Gasteiger charge is -2.47. The number of carboxylic acids is 1. The summed E-state index contributed by atoms with van der Waals surface area (Å²) in [5.41, 5.74) is -0.326. The van der Waals surface area contributed by atoms with Gasteiger partial charge >= 0.3 is 5.97 Å². The van der Waals surface area contributed by atoms with Crippen LogP contribution >= 0.6 is 11.3 Å². The number of thiazole rings is 1. The van der Waals surface area contributed by atoms with Gasteiger partial charge in [-0.25, -0.2) is 9.78 Å². The first kappa shape index (κ1) is 13.0. The second kappa shape index (κ2) is 4.06. The smallest absolute Gasteiger partial charge is 0.355 e. The van der Waals surface area contributed by atoms with Crippen molar-refractivity contribution >= 4 is 17.3 Å². The maximum atomic E-state index is 10.8. The van der Waals surface area contributed by atoms with Gasteiger partial charge in [0, 0.05) is 5.38 Å². The fraction of sp³-hybridized carbons (Fsp3) is 0.615. The van der Waals surface area contributed by atoms with E-state index >= 15 is 0 Å². The molecule has 0 unspecified atom stereocenters. The number of nitrogens with zero attached hydrogens (tertiary/aromatic N) is 2. The van der Waals surface area contributed by atoms with Crippen LogP contribution in [0.25, 0.3) is 0 Å². The molecular weight excluding hydrogens is 248 g/mol. The van der Waals surface area contributed by atoms with E-state index in [1.54, 1.807) is 0 Å². The summed E-state index contributed by atoms with van der Waals surface area (Å²) in [6.07, 6.45) is 1.55. The van der Waals surface area contributed by atoms with E-state index < -0.39 is 11.4 Å². The van der Waals surface area contributed by atoms with Crippen molar-refractivity contribution in [2.24, 2.45) is 11.3 Å². The van der Waals surface area contributed by atoms with E-state index in [1.807, 2.05) is 0 Å². The van der Waals surface area contributed by atoms with Crippen molar-refractivity contribution in [2.45, 2.75) is 39.0 Å². The Hall–Kier alpha value is -1.41.